The summed E-state index contributed by atoms with van der Waals surface area (Å²) >= 11 is 0. The van der Waals surface area contributed by atoms with Crippen LogP contribution in [0.25, 0.3) is 0 Å². The average molecular weight is 308 g/mol. The van der Waals surface area contributed by atoms with Crippen LogP contribution in [-0.2, 0) is 6.54 Å². The summed E-state index contributed by atoms with van der Waals surface area (Å²) in [5.41, 5.74) is 1.13. The van der Waals surface area contributed by atoms with Gasteiger partial charge in [-0.3, -0.25) is 9.78 Å². The Kier molecular flexibility index (Phi) is 5.24. The number of alkyl halides is 2. The highest BCUT2D eigenvalue weighted by Crippen LogP contribution is 2.29. The van der Waals surface area contributed by atoms with Gasteiger partial charge in [0.2, 0.25) is 0 Å². The smallest absolute Gasteiger partial charge is 0.387 e. The SMILES string of the molecule is COc1cc(CNC(=O)c2cccnc2)ccc1OC(F)F. The fourth-order valence-corrected chi connectivity index (χ4v) is 1.80. The topological polar surface area (TPSA) is 60.5 Å². The second kappa shape index (κ2) is 7.35. The number of ether oxygens (including phenoxy) is 2. The minimum Gasteiger partial charge on any atom is -0.493 e. The number of methoxy groups -OCH3 is 1. The van der Waals surface area contributed by atoms with Crippen molar-refractivity contribution in [1.82, 2.24) is 10.3 Å². The van der Waals surface area contributed by atoms with E-state index in [1.165, 1.54) is 25.4 Å². The van der Waals surface area contributed by atoms with Crippen molar-refractivity contribution in [3.05, 3.63) is 53.9 Å². The van der Waals surface area contributed by atoms with Gasteiger partial charge in [0.05, 0.1) is 12.7 Å². The summed E-state index contributed by atoms with van der Waals surface area (Å²) in [4.78, 5) is 15.7. The standard InChI is InChI=1S/C15H14F2N2O3/c1-21-13-7-10(4-5-12(13)22-15(16)17)8-19-14(20)11-3-2-6-18-9-11/h2-7,9,15H,8H2,1H3,(H,19,20). The number of benzene rings is 1. The Balaban J connectivity index is 2.03. The minimum absolute atomic E-state index is 0.0557. The first-order valence-electron chi connectivity index (χ1n) is 6.40. The lowest BCUT2D eigenvalue weighted by Crippen LogP contribution is -2.22. The van der Waals surface area contributed by atoms with E-state index in [0.29, 0.717) is 11.1 Å². The molecule has 0 unspecified atom stereocenters. The molecule has 1 aromatic carbocycles. The van der Waals surface area contributed by atoms with Crippen LogP contribution in [0, 0.1) is 0 Å². The monoisotopic (exact) mass is 308 g/mol. The zero-order valence-electron chi connectivity index (χ0n) is 11.8. The number of halogens is 2. The fourth-order valence-electron chi connectivity index (χ4n) is 1.80. The molecule has 0 aliphatic carbocycles. The van der Waals surface area contributed by atoms with Gasteiger partial charge in [-0.15, -0.1) is 0 Å². The van der Waals surface area contributed by atoms with Gasteiger partial charge in [-0.1, -0.05) is 6.07 Å². The molecule has 0 saturated carbocycles. The molecule has 5 nitrogen and oxygen atoms in total. The van der Waals surface area contributed by atoms with E-state index in [4.69, 9.17) is 4.74 Å². The van der Waals surface area contributed by atoms with Gasteiger partial charge in [0, 0.05) is 18.9 Å². The van der Waals surface area contributed by atoms with Crippen LogP contribution in [0.1, 0.15) is 15.9 Å². The zero-order valence-corrected chi connectivity index (χ0v) is 11.8. The Hall–Kier alpha value is -2.70. The van der Waals surface area contributed by atoms with Gasteiger partial charge in [-0.25, -0.2) is 0 Å². The first kappa shape index (κ1) is 15.7. The van der Waals surface area contributed by atoms with Crippen LogP contribution < -0.4 is 14.8 Å². The van der Waals surface area contributed by atoms with Gasteiger partial charge in [0.1, 0.15) is 0 Å². The minimum atomic E-state index is -2.93. The summed E-state index contributed by atoms with van der Waals surface area (Å²) in [5.74, 6) is -0.159. The number of rotatable bonds is 6. The molecular formula is C15H14F2N2O3. The third-order valence-electron chi connectivity index (χ3n) is 2.82. The molecule has 0 aliphatic rings. The lowest BCUT2D eigenvalue weighted by molar-refractivity contribution is -0.0512. The van der Waals surface area contributed by atoms with E-state index < -0.39 is 6.61 Å². The molecule has 1 amide bonds. The Bertz CT molecular complexity index is 636. The lowest BCUT2D eigenvalue weighted by Gasteiger charge is -2.12. The molecule has 0 bridgehead atoms. The number of carbonyl (C=O) groups excluding carboxylic acids is 1. The number of hydrogen-bond acceptors (Lipinski definition) is 4. The predicted octanol–water partition coefficient (Wildman–Crippen LogP) is 2.62. The molecule has 0 spiro atoms. The fraction of sp³-hybridized carbons (Fsp3) is 0.200. The Labute approximate surface area is 125 Å². The number of aromatic nitrogens is 1. The van der Waals surface area contributed by atoms with Gasteiger partial charge < -0.3 is 14.8 Å². The third kappa shape index (κ3) is 4.15. The van der Waals surface area contributed by atoms with Gasteiger partial charge in [-0.2, -0.15) is 8.78 Å². The number of nitrogens with zero attached hydrogens (tertiary/aromatic N) is 1. The average Bonchev–Trinajstić information content (AvgIpc) is 2.54. The maximum atomic E-state index is 12.2. The molecular weight excluding hydrogens is 294 g/mol. The van der Waals surface area contributed by atoms with Crippen LogP contribution in [0.2, 0.25) is 0 Å². The Morgan fingerprint density at radius 2 is 2.14 bits per heavy atom. The summed E-state index contributed by atoms with van der Waals surface area (Å²) < 4.78 is 33.8. The summed E-state index contributed by atoms with van der Waals surface area (Å²) in [5, 5.41) is 2.70. The zero-order chi connectivity index (χ0) is 15.9. The van der Waals surface area contributed by atoms with Crippen molar-refractivity contribution in [2.45, 2.75) is 13.2 Å². The molecule has 2 rings (SSSR count). The summed E-state index contributed by atoms with van der Waals surface area (Å²) in [6.07, 6.45) is 3.03. The number of hydrogen-bond donors (Lipinski definition) is 1. The van der Waals surface area contributed by atoms with E-state index in [-0.39, 0.29) is 24.0 Å². The van der Waals surface area contributed by atoms with E-state index in [1.54, 1.807) is 24.4 Å². The maximum Gasteiger partial charge on any atom is 0.387 e. The highest BCUT2D eigenvalue weighted by atomic mass is 19.3. The van der Waals surface area contributed by atoms with Gasteiger partial charge in [0.15, 0.2) is 11.5 Å². The van der Waals surface area contributed by atoms with Crippen molar-refractivity contribution in [3.8, 4) is 11.5 Å². The van der Waals surface area contributed by atoms with Gasteiger partial charge in [-0.05, 0) is 29.8 Å². The highest BCUT2D eigenvalue weighted by Gasteiger charge is 2.11. The molecule has 0 radical (unpaired) electrons. The first-order chi connectivity index (χ1) is 10.6. The van der Waals surface area contributed by atoms with Crippen LogP contribution in [0.5, 0.6) is 11.5 Å². The molecule has 1 heterocycles. The molecule has 0 saturated heterocycles. The van der Waals surface area contributed by atoms with Gasteiger partial charge in [0.25, 0.3) is 5.91 Å². The quantitative estimate of drug-likeness (QED) is 0.891. The number of amides is 1. The van der Waals surface area contributed by atoms with Crippen LogP contribution in [-0.4, -0.2) is 24.6 Å². The van der Waals surface area contributed by atoms with E-state index >= 15 is 0 Å². The normalized spacial score (nSPS) is 10.4. The van der Waals surface area contributed by atoms with Crippen molar-refractivity contribution in [3.63, 3.8) is 0 Å². The van der Waals surface area contributed by atoms with E-state index in [1.807, 2.05) is 0 Å². The summed E-state index contributed by atoms with van der Waals surface area (Å²) in [7, 11) is 1.35. The van der Waals surface area contributed by atoms with E-state index in [9.17, 15) is 13.6 Å². The number of carbonyl (C=O) groups is 1. The second-order valence-electron chi connectivity index (χ2n) is 4.29. The van der Waals surface area contributed by atoms with Crippen molar-refractivity contribution in [1.29, 1.82) is 0 Å². The molecule has 1 N–H and O–H groups in total. The van der Waals surface area contributed by atoms with Crippen LogP contribution >= 0.6 is 0 Å². The summed E-state index contributed by atoms with van der Waals surface area (Å²) in [6.45, 7) is -2.70. The molecule has 1 aromatic heterocycles. The molecule has 0 fully saturated rings. The Morgan fingerprint density at radius 1 is 1.32 bits per heavy atom. The summed E-state index contributed by atoms with van der Waals surface area (Å²) in [6, 6.07) is 7.78. The van der Waals surface area contributed by atoms with E-state index in [2.05, 4.69) is 15.0 Å². The Morgan fingerprint density at radius 3 is 2.77 bits per heavy atom. The van der Waals surface area contributed by atoms with Crippen molar-refractivity contribution in [2.75, 3.05) is 7.11 Å². The number of nitrogens with one attached hydrogen (secondary N) is 1. The molecule has 0 aliphatic heterocycles. The van der Waals surface area contributed by atoms with Crippen LogP contribution in [0.3, 0.4) is 0 Å². The van der Waals surface area contributed by atoms with Crippen LogP contribution in [0.4, 0.5) is 8.78 Å². The number of pyridine rings is 1. The second-order valence-corrected chi connectivity index (χ2v) is 4.29. The molecule has 22 heavy (non-hydrogen) atoms. The first-order valence-corrected chi connectivity index (χ1v) is 6.40. The molecule has 2 aromatic rings. The van der Waals surface area contributed by atoms with Crippen molar-refractivity contribution >= 4 is 5.91 Å². The highest BCUT2D eigenvalue weighted by molar-refractivity contribution is 5.93. The lowest BCUT2D eigenvalue weighted by atomic mass is 10.2. The predicted molar refractivity (Wildman–Crippen MR) is 75.0 cm³/mol. The van der Waals surface area contributed by atoms with Crippen molar-refractivity contribution < 1.29 is 23.0 Å². The molecule has 0 atom stereocenters. The van der Waals surface area contributed by atoms with E-state index in [0.717, 1.165) is 0 Å². The molecule has 116 valence electrons. The molecule has 7 heteroatoms. The van der Waals surface area contributed by atoms with Crippen LogP contribution in [0.15, 0.2) is 42.7 Å². The largest absolute Gasteiger partial charge is 0.493 e. The van der Waals surface area contributed by atoms with Gasteiger partial charge >= 0.3 is 6.61 Å². The van der Waals surface area contributed by atoms with Crippen molar-refractivity contribution in [2.24, 2.45) is 0 Å². The third-order valence-corrected chi connectivity index (χ3v) is 2.82. The maximum absolute atomic E-state index is 12.2.